The predicted octanol–water partition coefficient (Wildman–Crippen LogP) is 7.41. The van der Waals surface area contributed by atoms with Crippen LogP contribution in [0.5, 0.6) is 0 Å². The molecule has 3 aromatic carbocycles. The van der Waals surface area contributed by atoms with Crippen molar-refractivity contribution in [3.8, 4) is 0 Å². The van der Waals surface area contributed by atoms with Gasteiger partial charge in [0.2, 0.25) is 5.91 Å². The summed E-state index contributed by atoms with van der Waals surface area (Å²) >= 11 is 1.55. The molecule has 0 N–H and O–H groups in total. The van der Waals surface area contributed by atoms with Crippen molar-refractivity contribution in [3.63, 3.8) is 0 Å². The first-order valence-electron chi connectivity index (χ1n) is 16.5. The summed E-state index contributed by atoms with van der Waals surface area (Å²) in [7, 11) is 2.14. The first-order chi connectivity index (χ1) is 24.0. The van der Waals surface area contributed by atoms with Crippen molar-refractivity contribution in [2.75, 3.05) is 43.0 Å². The largest absolute Gasteiger partial charge is 0.416 e. The van der Waals surface area contributed by atoms with E-state index < -0.39 is 17.5 Å². The van der Waals surface area contributed by atoms with Crippen LogP contribution in [-0.4, -0.2) is 59.8 Å². The molecule has 50 heavy (non-hydrogen) atoms. The average Bonchev–Trinajstić information content (AvgIpc) is 3.63. The maximum Gasteiger partial charge on any atom is 0.416 e. The van der Waals surface area contributed by atoms with Gasteiger partial charge in [0.05, 0.1) is 24.2 Å². The van der Waals surface area contributed by atoms with E-state index in [0.717, 1.165) is 65.6 Å². The Bertz CT molecular complexity index is 1940. The van der Waals surface area contributed by atoms with Gasteiger partial charge < -0.3 is 9.80 Å². The lowest BCUT2D eigenvalue weighted by atomic mass is 9.96. The fourth-order valence-electron chi connectivity index (χ4n) is 6.02. The standard InChI is InChI=1S/C39H38F3N5O2S/c1-27-8-9-29(21-36(48)30-5-3-6-32(22-30)39(40,41)42)19-31(27)23-38(49)47(25-35-7-4-18-50-35)37-24-33(43-26-44-37)20-28-10-12-34(13-11-28)46-16-14-45(2)15-17-46/h3-13,18-19,22,24,26H,14-17,20-21,23,25H2,1-2H3. The molecule has 1 amide bonds. The first-order valence-corrected chi connectivity index (χ1v) is 17.3. The highest BCUT2D eigenvalue weighted by Gasteiger charge is 2.31. The summed E-state index contributed by atoms with van der Waals surface area (Å²) in [5.74, 6) is -0.112. The zero-order chi connectivity index (χ0) is 35.3. The lowest BCUT2D eigenvalue weighted by Crippen LogP contribution is -2.44. The molecule has 0 unspecified atom stereocenters. The van der Waals surface area contributed by atoms with Gasteiger partial charge in [0, 0.05) is 61.2 Å². The van der Waals surface area contributed by atoms with E-state index in [1.54, 1.807) is 28.4 Å². The number of amides is 1. The van der Waals surface area contributed by atoms with E-state index in [1.165, 1.54) is 24.1 Å². The Morgan fingerprint density at radius 2 is 1.62 bits per heavy atom. The Balaban J connectivity index is 1.18. The lowest BCUT2D eigenvalue weighted by Gasteiger charge is -2.34. The number of thiophene rings is 1. The van der Waals surface area contributed by atoms with Crippen LogP contribution in [0.15, 0.2) is 96.6 Å². The number of aryl methyl sites for hydroxylation is 1. The van der Waals surface area contributed by atoms with E-state index >= 15 is 0 Å². The zero-order valence-corrected chi connectivity index (χ0v) is 28.8. The number of hydrogen-bond acceptors (Lipinski definition) is 7. The number of aromatic nitrogens is 2. The minimum absolute atomic E-state index is 0.00862. The highest BCUT2D eigenvalue weighted by Crippen LogP contribution is 2.30. The van der Waals surface area contributed by atoms with E-state index in [0.29, 0.717) is 24.3 Å². The second kappa shape index (κ2) is 15.3. The van der Waals surface area contributed by atoms with Crippen LogP contribution < -0.4 is 9.80 Å². The first kappa shape index (κ1) is 35.0. The molecule has 0 radical (unpaired) electrons. The summed E-state index contributed by atoms with van der Waals surface area (Å²) in [6.07, 6.45) is -2.50. The molecule has 7 nitrogen and oxygen atoms in total. The van der Waals surface area contributed by atoms with E-state index in [4.69, 9.17) is 0 Å². The Morgan fingerprint density at radius 1 is 0.860 bits per heavy atom. The minimum atomic E-state index is -4.54. The van der Waals surface area contributed by atoms with Crippen molar-refractivity contribution in [2.45, 2.75) is 38.9 Å². The molecule has 1 aliphatic rings. The van der Waals surface area contributed by atoms with Crippen molar-refractivity contribution < 1.29 is 22.8 Å². The van der Waals surface area contributed by atoms with Gasteiger partial charge in [0.1, 0.15) is 12.1 Å². The molecule has 258 valence electrons. The smallest absolute Gasteiger partial charge is 0.369 e. The average molecular weight is 698 g/mol. The van der Waals surface area contributed by atoms with Crippen molar-refractivity contribution in [1.82, 2.24) is 14.9 Å². The second-order valence-electron chi connectivity index (χ2n) is 12.7. The zero-order valence-electron chi connectivity index (χ0n) is 28.0. The molecule has 1 aliphatic heterocycles. The maximum absolute atomic E-state index is 14.0. The Hall–Kier alpha value is -4.87. The van der Waals surface area contributed by atoms with E-state index in [2.05, 4.69) is 51.1 Å². The van der Waals surface area contributed by atoms with Crippen molar-refractivity contribution >= 4 is 34.5 Å². The van der Waals surface area contributed by atoms with E-state index in [1.807, 2.05) is 36.6 Å². The van der Waals surface area contributed by atoms with Crippen LogP contribution in [0.25, 0.3) is 0 Å². The highest BCUT2D eigenvalue weighted by molar-refractivity contribution is 7.09. The number of carbonyl (C=O) groups is 2. The van der Waals surface area contributed by atoms with Gasteiger partial charge in [-0.05, 0) is 71.9 Å². The molecule has 0 atom stereocenters. The van der Waals surface area contributed by atoms with Gasteiger partial charge in [-0.1, -0.05) is 48.5 Å². The number of anilines is 2. The number of piperazine rings is 1. The van der Waals surface area contributed by atoms with Crippen molar-refractivity contribution in [3.05, 3.63) is 141 Å². The third-order valence-electron chi connectivity index (χ3n) is 9.00. The number of carbonyl (C=O) groups excluding carboxylic acids is 2. The summed E-state index contributed by atoms with van der Waals surface area (Å²) in [4.78, 5) is 43.4. The fourth-order valence-corrected chi connectivity index (χ4v) is 6.72. The second-order valence-corrected chi connectivity index (χ2v) is 13.7. The third-order valence-corrected chi connectivity index (χ3v) is 9.86. The number of Topliss-reactive ketones (excluding diaryl/α,β-unsaturated/α-hetero) is 1. The van der Waals surface area contributed by atoms with Crippen LogP contribution in [0.3, 0.4) is 0 Å². The van der Waals surface area contributed by atoms with Gasteiger partial charge in [-0.15, -0.1) is 11.3 Å². The molecule has 5 aromatic rings. The topological polar surface area (TPSA) is 69.6 Å². The number of alkyl halides is 3. The quantitative estimate of drug-likeness (QED) is 0.134. The van der Waals surface area contributed by atoms with Crippen molar-refractivity contribution in [1.29, 1.82) is 0 Å². The summed E-state index contributed by atoms with van der Waals surface area (Å²) in [5, 5.41) is 1.96. The molecule has 11 heteroatoms. The van der Waals surface area contributed by atoms with Crippen LogP contribution in [-0.2, 0) is 36.8 Å². The van der Waals surface area contributed by atoms with Gasteiger partial charge in [0.25, 0.3) is 0 Å². The predicted molar refractivity (Wildman–Crippen MR) is 191 cm³/mol. The lowest BCUT2D eigenvalue weighted by molar-refractivity contribution is -0.137. The monoisotopic (exact) mass is 697 g/mol. The van der Waals surface area contributed by atoms with Gasteiger partial charge in [-0.2, -0.15) is 13.2 Å². The number of benzene rings is 3. The van der Waals surface area contributed by atoms with Crippen molar-refractivity contribution in [2.24, 2.45) is 0 Å². The number of rotatable bonds is 11. The number of hydrogen-bond donors (Lipinski definition) is 0. The SMILES string of the molecule is Cc1ccc(CC(=O)c2cccc(C(F)(F)F)c2)cc1CC(=O)N(Cc1cccs1)c1cc(Cc2ccc(N3CCN(C)CC3)cc2)ncn1. The number of nitrogens with zero attached hydrogens (tertiary/aromatic N) is 5. The summed E-state index contributed by atoms with van der Waals surface area (Å²) in [5.41, 5.74) is 4.45. The van der Waals surface area contributed by atoms with Crippen LogP contribution in [0.1, 0.15) is 48.7 Å². The summed E-state index contributed by atoms with van der Waals surface area (Å²) < 4.78 is 39.7. The molecular formula is C39H38F3N5O2S. The van der Waals surface area contributed by atoms with Gasteiger partial charge in [-0.3, -0.25) is 14.5 Å². The van der Waals surface area contributed by atoms with Crippen LogP contribution in [0.4, 0.5) is 24.7 Å². The molecule has 1 fully saturated rings. The molecule has 6 rings (SSSR count). The summed E-state index contributed by atoms with van der Waals surface area (Å²) in [6, 6.07) is 24.2. The molecule has 2 aromatic heterocycles. The molecule has 0 saturated carbocycles. The van der Waals surface area contributed by atoms with Gasteiger partial charge >= 0.3 is 6.18 Å². The van der Waals surface area contributed by atoms with E-state index in [9.17, 15) is 22.8 Å². The number of ketones is 1. The summed E-state index contributed by atoms with van der Waals surface area (Å²) in [6.45, 7) is 6.31. The Labute approximate surface area is 294 Å². The van der Waals surface area contributed by atoms with Crippen LogP contribution in [0, 0.1) is 6.92 Å². The Kier molecular flexibility index (Phi) is 10.7. The highest BCUT2D eigenvalue weighted by atomic mass is 32.1. The fraction of sp³-hybridized carbons (Fsp3) is 0.282. The molecule has 3 heterocycles. The maximum atomic E-state index is 14.0. The van der Waals surface area contributed by atoms with Gasteiger partial charge in [-0.25, -0.2) is 9.97 Å². The van der Waals surface area contributed by atoms with E-state index in [-0.39, 0.29) is 24.3 Å². The Morgan fingerprint density at radius 3 is 2.34 bits per heavy atom. The van der Waals surface area contributed by atoms with Crippen LogP contribution >= 0.6 is 11.3 Å². The number of likely N-dealkylation sites (N-methyl/N-ethyl adjacent to an activating group) is 1. The molecular weight excluding hydrogens is 660 g/mol. The molecule has 1 saturated heterocycles. The normalized spacial score (nSPS) is 13.7. The molecule has 0 bridgehead atoms. The van der Waals surface area contributed by atoms with Gasteiger partial charge in [0.15, 0.2) is 5.78 Å². The third kappa shape index (κ3) is 8.83. The number of halogens is 3. The molecule has 0 aliphatic carbocycles. The van der Waals surface area contributed by atoms with Crippen LogP contribution in [0.2, 0.25) is 0 Å². The molecule has 0 spiro atoms. The minimum Gasteiger partial charge on any atom is -0.369 e.